The van der Waals surface area contributed by atoms with Crippen LogP contribution in [0.4, 0.5) is 0 Å². The molecule has 0 aromatic heterocycles. The molecule has 0 atom stereocenters. The maximum absolute atomic E-state index is 11.7. The second-order valence-electron chi connectivity index (χ2n) is 4.52. The Labute approximate surface area is 74.3 Å². The van der Waals surface area contributed by atoms with Gasteiger partial charge in [0.1, 0.15) is 11.1 Å². The minimum Gasteiger partial charge on any atom is -0.715 e. The molecule has 0 saturated heterocycles. The molecule has 0 aromatic carbocycles. The van der Waals surface area contributed by atoms with Gasteiger partial charge in [-0.3, -0.25) is 9.64 Å². The van der Waals surface area contributed by atoms with E-state index in [-0.39, 0.29) is 11.1 Å². The highest BCUT2D eigenvalue weighted by atomic mass is 16.5. The fourth-order valence-corrected chi connectivity index (χ4v) is 1.60. The van der Waals surface area contributed by atoms with Crippen LogP contribution in [0.1, 0.15) is 34.6 Å². The van der Waals surface area contributed by atoms with Gasteiger partial charge in [0.25, 0.3) is 0 Å². The minimum atomic E-state index is -0.341. The van der Waals surface area contributed by atoms with Gasteiger partial charge in [-0.25, -0.2) is 0 Å². The van der Waals surface area contributed by atoms with Crippen LogP contribution in [0.5, 0.6) is 0 Å². The average molecular weight is 170 g/mol. The predicted octanol–water partition coefficient (Wildman–Crippen LogP) is 1.42. The molecule has 1 rings (SSSR count). The summed E-state index contributed by atoms with van der Waals surface area (Å²) in [4.78, 5) is 2.04. The van der Waals surface area contributed by atoms with Crippen LogP contribution in [0, 0.1) is 5.21 Å². The quantitative estimate of drug-likeness (QED) is 0.406. The molecule has 0 spiro atoms. The predicted molar refractivity (Wildman–Crippen MR) is 50.2 cm³/mol. The summed E-state index contributed by atoms with van der Waals surface area (Å²) in [6, 6.07) is 0. The van der Waals surface area contributed by atoms with Crippen LogP contribution < -0.4 is 0 Å². The molecule has 3 heteroatoms. The maximum Gasteiger partial charge on any atom is 0.247 e. The number of hydrogen-bond donors (Lipinski definition) is 0. The third-order valence-electron chi connectivity index (χ3n) is 3.62. The molecule has 0 fully saturated rings. The van der Waals surface area contributed by atoms with E-state index in [4.69, 9.17) is 0 Å². The van der Waals surface area contributed by atoms with E-state index in [9.17, 15) is 5.21 Å². The summed E-state index contributed by atoms with van der Waals surface area (Å²) in [5, 5.41) is 11.7. The highest BCUT2D eigenvalue weighted by molar-refractivity contribution is 5.77. The Bertz CT molecular complexity index is 241. The van der Waals surface area contributed by atoms with E-state index in [2.05, 4.69) is 13.8 Å². The Balaban J connectivity index is 3.22. The van der Waals surface area contributed by atoms with E-state index in [1.54, 1.807) is 0 Å². The van der Waals surface area contributed by atoms with Gasteiger partial charge in [-0.15, -0.1) is 0 Å². The Morgan fingerprint density at radius 3 is 1.75 bits per heavy atom. The summed E-state index contributed by atoms with van der Waals surface area (Å²) in [6.07, 6.45) is 0. The summed E-state index contributed by atoms with van der Waals surface area (Å²) in [6.45, 7) is 10.0. The molecule has 1 heterocycles. The van der Waals surface area contributed by atoms with E-state index in [1.807, 2.05) is 32.7 Å². The number of likely N-dealkylation sites (N-methyl/N-ethyl adjacent to an activating group) is 1. The molecular weight excluding hydrogens is 152 g/mol. The van der Waals surface area contributed by atoms with Gasteiger partial charge in [-0.1, -0.05) is 0 Å². The van der Waals surface area contributed by atoms with E-state index in [0.29, 0.717) is 0 Å². The van der Waals surface area contributed by atoms with Crippen LogP contribution in [-0.2, 0) is 0 Å². The Morgan fingerprint density at radius 2 is 1.67 bits per heavy atom. The first-order chi connectivity index (χ1) is 5.23. The van der Waals surface area contributed by atoms with Crippen molar-refractivity contribution in [1.29, 1.82) is 0 Å². The number of nitrogens with zero attached hydrogens (tertiary/aromatic N) is 2. The maximum atomic E-state index is 11.7. The first-order valence-corrected chi connectivity index (χ1v) is 4.27. The van der Waals surface area contributed by atoms with E-state index in [1.165, 1.54) is 0 Å². The summed E-state index contributed by atoms with van der Waals surface area (Å²) in [5.41, 5.74) is -0.440. The molecule has 0 saturated carbocycles. The molecule has 0 aliphatic carbocycles. The molecule has 0 N–H and O–H groups in total. The van der Waals surface area contributed by atoms with Crippen molar-refractivity contribution in [3.63, 3.8) is 0 Å². The van der Waals surface area contributed by atoms with Crippen molar-refractivity contribution in [3.05, 3.63) is 5.21 Å². The third-order valence-corrected chi connectivity index (χ3v) is 3.62. The van der Waals surface area contributed by atoms with Gasteiger partial charge >= 0.3 is 0 Å². The van der Waals surface area contributed by atoms with E-state index >= 15 is 0 Å². The normalized spacial score (nSPS) is 26.7. The van der Waals surface area contributed by atoms with Crippen molar-refractivity contribution in [1.82, 2.24) is 4.90 Å². The lowest BCUT2D eigenvalue weighted by atomic mass is 9.83. The third kappa shape index (κ3) is 0.793. The SMILES string of the molecule is CC1=[N+]([O-])C(C)(C)C(C)(C)N1C. The van der Waals surface area contributed by atoms with Crippen molar-refractivity contribution in [2.75, 3.05) is 7.05 Å². The van der Waals surface area contributed by atoms with Gasteiger partial charge < -0.3 is 5.21 Å². The van der Waals surface area contributed by atoms with Crippen LogP contribution >= 0.6 is 0 Å². The second-order valence-corrected chi connectivity index (χ2v) is 4.52. The molecule has 1 aliphatic heterocycles. The van der Waals surface area contributed by atoms with Gasteiger partial charge in [0, 0.05) is 6.92 Å². The number of amidine groups is 1. The molecule has 0 bridgehead atoms. The summed E-state index contributed by atoms with van der Waals surface area (Å²) < 4.78 is 1.10. The first kappa shape index (κ1) is 9.36. The zero-order valence-electron chi connectivity index (χ0n) is 8.80. The van der Waals surface area contributed by atoms with Crippen molar-refractivity contribution in [2.24, 2.45) is 0 Å². The topological polar surface area (TPSA) is 29.3 Å². The fraction of sp³-hybridized carbons (Fsp3) is 0.889. The van der Waals surface area contributed by atoms with Gasteiger partial charge in [-0.2, -0.15) is 0 Å². The highest BCUT2D eigenvalue weighted by Gasteiger charge is 2.54. The average Bonchev–Trinajstić information content (AvgIpc) is 2.05. The molecule has 0 radical (unpaired) electrons. The van der Waals surface area contributed by atoms with Gasteiger partial charge in [0.15, 0.2) is 0 Å². The van der Waals surface area contributed by atoms with Crippen LogP contribution in [0.25, 0.3) is 0 Å². The largest absolute Gasteiger partial charge is 0.715 e. The van der Waals surface area contributed by atoms with Crippen LogP contribution in [0.15, 0.2) is 0 Å². The monoisotopic (exact) mass is 170 g/mol. The lowest BCUT2D eigenvalue weighted by Crippen LogP contribution is -2.53. The van der Waals surface area contributed by atoms with Crippen molar-refractivity contribution in [3.8, 4) is 0 Å². The number of hydrogen-bond acceptors (Lipinski definition) is 2. The summed E-state index contributed by atoms with van der Waals surface area (Å²) in [7, 11) is 1.97. The van der Waals surface area contributed by atoms with Gasteiger partial charge in [0.05, 0.1) is 7.05 Å². The molecule has 1 aliphatic rings. The Morgan fingerprint density at radius 1 is 1.25 bits per heavy atom. The first-order valence-electron chi connectivity index (χ1n) is 4.27. The lowest BCUT2D eigenvalue weighted by Gasteiger charge is -2.35. The van der Waals surface area contributed by atoms with Gasteiger partial charge in [0.2, 0.25) is 5.84 Å². The highest BCUT2D eigenvalue weighted by Crippen LogP contribution is 2.35. The zero-order chi connectivity index (χ0) is 9.73. The zero-order valence-corrected chi connectivity index (χ0v) is 8.80. The molecule has 0 aromatic rings. The van der Waals surface area contributed by atoms with E-state index in [0.717, 1.165) is 10.6 Å². The Hall–Kier alpha value is -0.730. The molecule has 70 valence electrons. The van der Waals surface area contributed by atoms with Crippen molar-refractivity contribution >= 4 is 5.84 Å². The van der Waals surface area contributed by atoms with Crippen LogP contribution in [0.2, 0.25) is 0 Å². The smallest absolute Gasteiger partial charge is 0.247 e. The molecule has 3 nitrogen and oxygen atoms in total. The Kier molecular flexibility index (Phi) is 1.68. The fourth-order valence-electron chi connectivity index (χ4n) is 1.60. The molecule has 0 amide bonds. The number of rotatable bonds is 0. The van der Waals surface area contributed by atoms with Crippen molar-refractivity contribution < 1.29 is 4.74 Å². The standard InChI is InChI=1S/C9H18N2O/c1-7-10(6)8(2,3)9(4,5)11(7)12/h1-6H3. The van der Waals surface area contributed by atoms with Gasteiger partial charge in [-0.05, 0) is 27.7 Å². The van der Waals surface area contributed by atoms with Crippen molar-refractivity contribution in [2.45, 2.75) is 45.7 Å². The molecule has 0 unspecified atom stereocenters. The van der Waals surface area contributed by atoms with Crippen LogP contribution in [0.3, 0.4) is 0 Å². The lowest BCUT2D eigenvalue weighted by molar-refractivity contribution is -0.540. The molecule has 12 heavy (non-hydrogen) atoms. The second kappa shape index (κ2) is 2.15. The molecular formula is C9H18N2O. The summed E-state index contributed by atoms with van der Waals surface area (Å²) >= 11 is 0. The van der Waals surface area contributed by atoms with Crippen LogP contribution in [-0.4, -0.2) is 33.6 Å². The van der Waals surface area contributed by atoms with E-state index < -0.39 is 0 Å². The minimum absolute atomic E-state index is 0.0984. The summed E-state index contributed by atoms with van der Waals surface area (Å²) in [5.74, 6) is 0.796. The number of hydroxylamine groups is 1.